The van der Waals surface area contributed by atoms with Gasteiger partial charge >= 0.3 is 0 Å². The van der Waals surface area contributed by atoms with Crippen LogP contribution in [-0.4, -0.2) is 48.2 Å². The SMILES string of the molecule is COc1ccc(CC(=O)Nc2ccc(C(O)C3COCC(=O)N3Cc3ccccc3F)cc2)cc1. The first-order valence-corrected chi connectivity index (χ1v) is 11.3. The zero-order chi connectivity index (χ0) is 24.8. The van der Waals surface area contributed by atoms with E-state index in [0.717, 1.165) is 11.3 Å². The van der Waals surface area contributed by atoms with Gasteiger partial charge in [0.1, 0.15) is 24.3 Å². The molecule has 182 valence electrons. The molecule has 8 heteroatoms. The van der Waals surface area contributed by atoms with Crippen LogP contribution in [0.5, 0.6) is 5.75 Å². The van der Waals surface area contributed by atoms with Gasteiger partial charge in [-0.05, 0) is 41.5 Å². The summed E-state index contributed by atoms with van der Waals surface area (Å²) in [6.07, 6.45) is -0.837. The number of rotatable bonds is 8. The Hall–Kier alpha value is -3.75. The van der Waals surface area contributed by atoms with Crippen LogP contribution in [0.3, 0.4) is 0 Å². The molecule has 0 spiro atoms. The van der Waals surface area contributed by atoms with Gasteiger partial charge in [0.05, 0.1) is 26.2 Å². The van der Waals surface area contributed by atoms with Crippen LogP contribution in [0.2, 0.25) is 0 Å². The second kappa shape index (κ2) is 11.1. The molecule has 7 nitrogen and oxygen atoms in total. The highest BCUT2D eigenvalue weighted by atomic mass is 19.1. The van der Waals surface area contributed by atoms with E-state index in [2.05, 4.69) is 5.32 Å². The number of halogens is 1. The number of aliphatic hydroxyl groups is 1. The van der Waals surface area contributed by atoms with Crippen molar-refractivity contribution in [1.82, 2.24) is 4.90 Å². The fourth-order valence-electron chi connectivity index (χ4n) is 4.02. The number of methoxy groups -OCH3 is 1. The third kappa shape index (κ3) is 6.03. The number of nitrogens with zero attached hydrogens (tertiary/aromatic N) is 1. The van der Waals surface area contributed by atoms with E-state index in [1.807, 2.05) is 12.1 Å². The summed E-state index contributed by atoms with van der Waals surface area (Å²) in [5.41, 5.74) is 2.36. The van der Waals surface area contributed by atoms with E-state index >= 15 is 0 Å². The minimum absolute atomic E-state index is 0.0378. The average molecular weight is 479 g/mol. The highest BCUT2D eigenvalue weighted by molar-refractivity contribution is 5.92. The Balaban J connectivity index is 1.41. The van der Waals surface area contributed by atoms with Gasteiger partial charge in [-0.1, -0.05) is 42.5 Å². The number of nitrogens with one attached hydrogen (secondary N) is 1. The molecule has 35 heavy (non-hydrogen) atoms. The van der Waals surface area contributed by atoms with Crippen LogP contribution in [0.4, 0.5) is 10.1 Å². The van der Waals surface area contributed by atoms with Crippen molar-refractivity contribution >= 4 is 17.5 Å². The van der Waals surface area contributed by atoms with Crippen molar-refractivity contribution in [1.29, 1.82) is 0 Å². The lowest BCUT2D eigenvalue weighted by molar-refractivity contribution is -0.155. The zero-order valence-corrected chi connectivity index (χ0v) is 19.3. The Bertz CT molecular complexity index is 1170. The van der Waals surface area contributed by atoms with Crippen molar-refractivity contribution in [3.05, 3.63) is 95.3 Å². The highest BCUT2D eigenvalue weighted by Gasteiger charge is 2.35. The third-order valence-electron chi connectivity index (χ3n) is 5.96. The first-order valence-electron chi connectivity index (χ1n) is 11.3. The normalized spacial score (nSPS) is 16.6. The van der Waals surface area contributed by atoms with E-state index in [1.165, 1.54) is 11.0 Å². The van der Waals surface area contributed by atoms with E-state index in [4.69, 9.17) is 9.47 Å². The first-order chi connectivity index (χ1) is 16.9. The molecule has 0 radical (unpaired) electrons. The Kier molecular flexibility index (Phi) is 7.74. The maximum Gasteiger partial charge on any atom is 0.249 e. The van der Waals surface area contributed by atoms with Gasteiger partial charge in [0.2, 0.25) is 11.8 Å². The number of benzene rings is 3. The molecule has 1 aliphatic rings. The fourth-order valence-corrected chi connectivity index (χ4v) is 4.02. The predicted octanol–water partition coefficient (Wildman–Crippen LogP) is 3.48. The molecule has 1 fully saturated rings. The second-order valence-corrected chi connectivity index (χ2v) is 8.34. The summed E-state index contributed by atoms with van der Waals surface area (Å²) in [6, 6.07) is 19.6. The molecule has 0 bridgehead atoms. The largest absolute Gasteiger partial charge is 0.497 e. The van der Waals surface area contributed by atoms with Crippen LogP contribution in [0.25, 0.3) is 0 Å². The van der Waals surface area contributed by atoms with Crippen LogP contribution < -0.4 is 10.1 Å². The number of amides is 2. The quantitative estimate of drug-likeness (QED) is 0.518. The Labute approximate surface area is 203 Å². The maximum absolute atomic E-state index is 14.2. The van der Waals surface area contributed by atoms with Gasteiger partial charge in [0, 0.05) is 17.8 Å². The van der Waals surface area contributed by atoms with Crippen molar-refractivity contribution in [2.75, 3.05) is 25.6 Å². The van der Waals surface area contributed by atoms with E-state index in [9.17, 15) is 19.1 Å². The number of ether oxygens (including phenoxy) is 2. The maximum atomic E-state index is 14.2. The van der Waals surface area contributed by atoms with E-state index in [-0.39, 0.29) is 38.0 Å². The number of anilines is 1. The number of carbonyl (C=O) groups excluding carboxylic acids is 2. The summed E-state index contributed by atoms with van der Waals surface area (Å²) < 4.78 is 24.7. The van der Waals surface area contributed by atoms with Gasteiger partial charge in [0.15, 0.2) is 0 Å². The van der Waals surface area contributed by atoms with Gasteiger partial charge in [-0.2, -0.15) is 0 Å². The monoisotopic (exact) mass is 478 g/mol. The van der Waals surface area contributed by atoms with E-state index < -0.39 is 18.0 Å². The van der Waals surface area contributed by atoms with Crippen LogP contribution in [0.1, 0.15) is 22.8 Å². The minimum atomic E-state index is -1.05. The molecule has 4 rings (SSSR count). The number of aliphatic hydroxyl groups excluding tert-OH is 1. The number of carbonyl (C=O) groups is 2. The second-order valence-electron chi connectivity index (χ2n) is 8.34. The molecule has 0 saturated carbocycles. The van der Waals surface area contributed by atoms with Crippen molar-refractivity contribution in [3.63, 3.8) is 0 Å². The summed E-state index contributed by atoms with van der Waals surface area (Å²) in [5, 5.41) is 13.9. The summed E-state index contributed by atoms with van der Waals surface area (Å²) in [5.74, 6) is -0.174. The molecule has 1 aliphatic heterocycles. The summed E-state index contributed by atoms with van der Waals surface area (Å²) in [4.78, 5) is 26.4. The number of morpholine rings is 1. The topological polar surface area (TPSA) is 88.1 Å². The molecule has 2 amide bonds. The molecule has 3 aromatic carbocycles. The zero-order valence-electron chi connectivity index (χ0n) is 19.3. The van der Waals surface area contributed by atoms with Crippen molar-refractivity contribution < 1.29 is 28.6 Å². The first kappa shape index (κ1) is 24.4. The molecule has 0 aliphatic carbocycles. The number of hydrogen-bond donors (Lipinski definition) is 2. The van der Waals surface area contributed by atoms with Crippen LogP contribution >= 0.6 is 0 Å². The lowest BCUT2D eigenvalue weighted by atomic mass is 9.99. The van der Waals surface area contributed by atoms with Crippen LogP contribution in [0, 0.1) is 5.82 Å². The predicted molar refractivity (Wildman–Crippen MR) is 128 cm³/mol. The molecular formula is C27H27FN2O5. The van der Waals surface area contributed by atoms with Crippen molar-refractivity contribution in [3.8, 4) is 5.75 Å². The fraction of sp³-hybridized carbons (Fsp3) is 0.259. The molecule has 2 atom stereocenters. The van der Waals surface area contributed by atoms with Gasteiger partial charge in [-0.25, -0.2) is 4.39 Å². The molecule has 2 unspecified atom stereocenters. The Morgan fingerprint density at radius 3 is 2.54 bits per heavy atom. The number of hydrogen-bond acceptors (Lipinski definition) is 5. The molecule has 1 heterocycles. The lowest BCUT2D eigenvalue weighted by Crippen LogP contribution is -2.51. The summed E-state index contributed by atoms with van der Waals surface area (Å²) >= 11 is 0. The van der Waals surface area contributed by atoms with Crippen LogP contribution in [-0.2, 0) is 27.3 Å². The smallest absolute Gasteiger partial charge is 0.249 e. The Morgan fingerprint density at radius 1 is 1.14 bits per heavy atom. The highest BCUT2D eigenvalue weighted by Crippen LogP contribution is 2.27. The molecule has 3 aromatic rings. The lowest BCUT2D eigenvalue weighted by Gasteiger charge is -2.38. The summed E-state index contributed by atoms with van der Waals surface area (Å²) in [6.45, 7) is 0.0502. The van der Waals surface area contributed by atoms with Gasteiger partial charge in [0.25, 0.3) is 0 Å². The summed E-state index contributed by atoms with van der Waals surface area (Å²) in [7, 11) is 1.59. The molecule has 0 aromatic heterocycles. The van der Waals surface area contributed by atoms with E-state index in [0.29, 0.717) is 16.8 Å². The molecule has 2 N–H and O–H groups in total. The van der Waals surface area contributed by atoms with Crippen molar-refractivity contribution in [2.24, 2.45) is 0 Å². The minimum Gasteiger partial charge on any atom is -0.497 e. The van der Waals surface area contributed by atoms with Crippen LogP contribution in [0.15, 0.2) is 72.8 Å². The average Bonchev–Trinajstić information content (AvgIpc) is 2.87. The standard InChI is InChI=1S/C27H27FN2O5/c1-34-22-12-6-18(7-13-22)14-25(31)29-21-10-8-19(9-11-21)27(33)24-16-35-17-26(32)30(24)15-20-4-2-3-5-23(20)28/h2-13,24,27,33H,14-17H2,1H3,(H,29,31). The van der Waals surface area contributed by atoms with Gasteiger partial charge < -0.3 is 24.8 Å². The molecule has 1 saturated heterocycles. The molecular weight excluding hydrogens is 451 g/mol. The van der Waals surface area contributed by atoms with E-state index in [1.54, 1.807) is 61.7 Å². The van der Waals surface area contributed by atoms with Crippen molar-refractivity contribution in [2.45, 2.75) is 25.1 Å². The van der Waals surface area contributed by atoms with Gasteiger partial charge in [-0.15, -0.1) is 0 Å². The van der Waals surface area contributed by atoms with Gasteiger partial charge in [-0.3, -0.25) is 9.59 Å². The Morgan fingerprint density at radius 2 is 1.86 bits per heavy atom. The third-order valence-corrected chi connectivity index (χ3v) is 5.96.